The van der Waals surface area contributed by atoms with Crippen molar-refractivity contribution in [2.24, 2.45) is 5.41 Å². The summed E-state index contributed by atoms with van der Waals surface area (Å²) in [5.41, 5.74) is 0.932. The smallest absolute Gasteiger partial charge is 0.0377 e. The van der Waals surface area contributed by atoms with Crippen LogP contribution in [-0.4, -0.2) is 48.1 Å². The summed E-state index contributed by atoms with van der Waals surface area (Å²) in [7, 11) is 2.26. The molecule has 14 heavy (non-hydrogen) atoms. The summed E-state index contributed by atoms with van der Waals surface area (Å²) in [5.74, 6) is 0. The van der Waals surface area contributed by atoms with Crippen LogP contribution < -0.4 is 0 Å². The van der Waals surface area contributed by atoms with E-state index < -0.39 is 0 Å². The van der Waals surface area contributed by atoms with Gasteiger partial charge in [-0.3, -0.25) is 4.90 Å². The molecule has 2 heterocycles. The van der Waals surface area contributed by atoms with Crippen molar-refractivity contribution in [2.45, 2.75) is 45.7 Å². The number of hydrogen-bond donors (Lipinski definition) is 0. The van der Waals surface area contributed by atoms with E-state index in [1.165, 1.54) is 26.1 Å². The third kappa shape index (κ3) is 1.17. The molecule has 2 heteroatoms. The van der Waals surface area contributed by atoms with Crippen LogP contribution in [0.4, 0.5) is 0 Å². The molecule has 2 aliphatic rings. The van der Waals surface area contributed by atoms with Gasteiger partial charge in [-0.2, -0.15) is 0 Å². The molecule has 0 aromatic carbocycles. The van der Waals surface area contributed by atoms with Gasteiger partial charge in [0, 0.05) is 30.1 Å². The fourth-order valence-corrected chi connectivity index (χ4v) is 3.77. The van der Waals surface area contributed by atoms with Gasteiger partial charge in [0.1, 0.15) is 0 Å². The third-order valence-corrected chi connectivity index (χ3v) is 4.66. The molecule has 0 bridgehead atoms. The minimum absolute atomic E-state index is 0.413. The van der Waals surface area contributed by atoms with Crippen LogP contribution in [-0.2, 0) is 0 Å². The lowest BCUT2D eigenvalue weighted by molar-refractivity contribution is 0.0768. The predicted octanol–water partition coefficient (Wildman–Crippen LogP) is 1.81. The highest BCUT2D eigenvalue weighted by molar-refractivity contribution is 5.13. The van der Waals surface area contributed by atoms with E-state index in [2.05, 4.69) is 44.5 Å². The Hall–Kier alpha value is -0.0800. The molecule has 2 rings (SSSR count). The fourth-order valence-electron chi connectivity index (χ4n) is 3.77. The average molecular weight is 196 g/mol. The van der Waals surface area contributed by atoms with Crippen molar-refractivity contribution in [2.75, 3.05) is 26.7 Å². The number of fused-ring (bicyclic) bond motifs is 1. The molecule has 0 amide bonds. The van der Waals surface area contributed by atoms with Gasteiger partial charge in [0.25, 0.3) is 0 Å². The molecular weight excluding hydrogens is 172 g/mol. The van der Waals surface area contributed by atoms with E-state index in [0.29, 0.717) is 17.0 Å². The summed E-state index contributed by atoms with van der Waals surface area (Å²) in [6, 6.07) is 0.688. The molecule has 0 radical (unpaired) electrons. The molecule has 0 N–H and O–H groups in total. The number of likely N-dealkylation sites (tertiary alicyclic amines) is 2. The predicted molar refractivity (Wildman–Crippen MR) is 60.5 cm³/mol. The average Bonchev–Trinajstić information content (AvgIpc) is 2.34. The fraction of sp³-hybridized carbons (Fsp3) is 1.00. The van der Waals surface area contributed by atoms with Gasteiger partial charge >= 0.3 is 0 Å². The van der Waals surface area contributed by atoms with Gasteiger partial charge in [0.15, 0.2) is 0 Å². The lowest BCUT2D eigenvalue weighted by atomic mass is 9.75. The monoisotopic (exact) mass is 196 g/mol. The Bertz CT molecular complexity index is 238. The number of rotatable bonds is 1. The minimum Gasteiger partial charge on any atom is -0.304 e. The maximum atomic E-state index is 2.70. The van der Waals surface area contributed by atoms with Crippen LogP contribution in [0.25, 0.3) is 0 Å². The summed E-state index contributed by atoms with van der Waals surface area (Å²) in [5, 5.41) is 0. The van der Waals surface area contributed by atoms with Crippen LogP contribution in [0.2, 0.25) is 0 Å². The molecule has 2 aliphatic heterocycles. The van der Waals surface area contributed by atoms with Gasteiger partial charge in [-0.05, 0) is 40.8 Å². The second-order valence-corrected chi connectivity index (χ2v) is 6.04. The zero-order valence-electron chi connectivity index (χ0n) is 10.3. The van der Waals surface area contributed by atoms with E-state index in [4.69, 9.17) is 0 Å². The van der Waals surface area contributed by atoms with Crippen LogP contribution in [0.3, 0.4) is 0 Å². The Labute approximate surface area is 88.3 Å². The Morgan fingerprint density at radius 2 is 1.79 bits per heavy atom. The summed E-state index contributed by atoms with van der Waals surface area (Å²) in [4.78, 5) is 5.20. The molecule has 0 aromatic rings. The Balaban J connectivity index is 2.29. The molecule has 0 aliphatic carbocycles. The van der Waals surface area contributed by atoms with Crippen LogP contribution in [0, 0.1) is 5.41 Å². The zero-order chi connectivity index (χ0) is 10.6. The highest BCUT2D eigenvalue weighted by Crippen LogP contribution is 2.50. The Kier molecular flexibility index (Phi) is 2.20. The first-order valence-electron chi connectivity index (χ1n) is 5.84. The molecule has 2 atom stereocenters. The van der Waals surface area contributed by atoms with Gasteiger partial charge in [0.05, 0.1) is 0 Å². The molecule has 0 unspecified atom stereocenters. The highest BCUT2D eigenvalue weighted by atomic mass is 15.3. The second-order valence-electron chi connectivity index (χ2n) is 6.04. The van der Waals surface area contributed by atoms with Crippen molar-refractivity contribution >= 4 is 0 Å². The maximum Gasteiger partial charge on any atom is 0.0377 e. The van der Waals surface area contributed by atoms with Crippen molar-refractivity contribution in [3.8, 4) is 0 Å². The topological polar surface area (TPSA) is 6.48 Å². The van der Waals surface area contributed by atoms with Gasteiger partial charge in [-0.25, -0.2) is 0 Å². The summed E-state index contributed by atoms with van der Waals surface area (Å²) >= 11 is 0. The van der Waals surface area contributed by atoms with Gasteiger partial charge < -0.3 is 4.90 Å². The molecule has 2 nitrogen and oxygen atoms in total. The quantitative estimate of drug-likeness (QED) is 0.631. The van der Waals surface area contributed by atoms with E-state index in [9.17, 15) is 0 Å². The maximum absolute atomic E-state index is 2.70. The molecule has 0 spiro atoms. The van der Waals surface area contributed by atoms with E-state index in [1.54, 1.807) is 0 Å². The van der Waals surface area contributed by atoms with Crippen molar-refractivity contribution in [1.82, 2.24) is 9.80 Å². The number of likely N-dealkylation sites (N-methyl/N-ethyl adjacent to an activating group) is 1. The van der Waals surface area contributed by atoms with E-state index in [-0.39, 0.29) is 0 Å². The molecule has 2 fully saturated rings. The SMILES string of the molecule is CC(C)N1CC[C@]2(C)CN(C)C[C@]12C. The zero-order valence-corrected chi connectivity index (χ0v) is 10.3. The number of hydrogen-bond acceptors (Lipinski definition) is 2. The standard InChI is InChI=1S/C12H24N2/c1-10(2)14-7-6-11(3)8-13(5)9-12(11,14)4/h10H,6-9H2,1-5H3/t11-,12+/m1/s1. The number of nitrogens with zero attached hydrogens (tertiary/aromatic N) is 2. The normalized spacial score (nSPS) is 45.0. The van der Waals surface area contributed by atoms with E-state index in [0.717, 1.165) is 0 Å². The first kappa shape index (κ1) is 10.4. The van der Waals surface area contributed by atoms with E-state index >= 15 is 0 Å². The highest BCUT2D eigenvalue weighted by Gasteiger charge is 2.58. The largest absolute Gasteiger partial charge is 0.304 e. The summed E-state index contributed by atoms with van der Waals surface area (Å²) in [6.45, 7) is 13.4. The minimum atomic E-state index is 0.413. The van der Waals surface area contributed by atoms with Gasteiger partial charge in [0.2, 0.25) is 0 Å². The van der Waals surface area contributed by atoms with Crippen molar-refractivity contribution in [3.63, 3.8) is 0 Å². The lowest BCUT2D eigenvalue weighted by Crippen LogP contribution is -2.52. The molecule has 0 saturated carbocycles. The molecule has 0 aromatic heterocycles. The third-order valence-electron chi connectivity index (χ3n) is 4.66. The summed E-state index contributed by atoms with van der Waals surface area (Å²) < 4.78 is 0. The van der Waals surface area contributed by atoms with Gasteiger partial charge in [-0.15, -0.1) is 0 Å². The molecule has 2 saturated heterocycles. The lowest BCUT2D eigenvalue weighted by Gasteiger charge is -2.42. The van der Waals surface area contributed by atoms with Crippen molar-refractivity contribution < 1.29 is 0 Å². The van der Waals surface area contributed by atoms with Gasteiger partial charge in [-0.1, -0.05) is 6.92 Å². The first-order chi connectivity index (χ1) is 6.39. The second kappa shape index (κ2) is 2.96. The van der Waals surface area contributed by atoms with E-state index in [1.807, 2.05) is 0 Å². The van der Waals surface area contributed by atoms with Crippen LogP contribution in [0.15, 0.2) is 0 Å². The van der Waals surface area contributed by atoms with Crippen LogP contribution in [0.5, 0.6) is 0 Å². The van der Waals surface area contributed by atoms with Crippen molar-refractivity contribution in [1.29, 1.82) is 0 Å². The Morgan fingerprint density at radius 3 is 2.36 bits per heavy atom. The van der Waals surface area contributed by atoms with Crippen LogP contribution >= 0.6 is 0 Å². The Morgan fingerprint density at radius 1 is 1.14 bits per heavy atom. The molecular formula is C12H24N2. The first-order valence-corrected chi connectivity index (χ1v) is 5.84. The van der Waals surface area contributed by atoms with Crippen molar-refractivity contribution in [3.05, 3.63) is 0 Å². The van der Waals surface area contributed by atoms with Crippen LogP contribution in [0.1, 0.15) is 34.1 Å². The molecule has 82 valence electrons. The summed E-state index contributed by atoms with van der Waals surface area (Å²) in [6.07, 6.45) is 1.37.